The molecule has 1 aromatic heterocycles. The smallest absolute Gasteiger partial charge is 0.345 e. The molecule has 0 radical (unpaired) electrons. The number of imidazole rings is 1. The lowest BCUT2D eigenvalue weighted by atomic mass is 10.1. The van der Waals surface area contributed by atoms with Crippen molar-refractivity contribution in [2.45, 2.75) is 12.7 Å². The van der Waals surface area contributed by atoms with Crippen LogP contribution in [0.3, 0.4) is 0 Å². The third-order valence-electron chi connectivity index (χ3n) is 3.58. The van der Waals surface area contributed by atoms with Gasteiger partial charge in [0.05, 0.1) is 17.4 Å². The van der Waals surface area contributed by atoms with Crippen LogP contribution in [0, 0.1) is 0 Å². The molecular weight excluding hydrogens is 349 g/mol. The van der Waals surface area contributed by atoms with Crippen molar-refractivity contribution in [3.05, 3.63) is 59.9 Å². The number of alkyl halides is 3. The van der Waals surface area contributed by atoms with Crippen molar-refractivity contribution in [2.75, 3.05) is 5.32 Å². The number of nitrogens with zero attached hydrogens (tertiary/aromatic N) is 1. The Labute approximate surface area is 145 Å². The van der Waals surface area contributed by atoms with Gasteiger partial charge in [-0.3, -0.25) is 9.59 Å². The highest BCUT2D eigenvalue weighted by Gasteiger charge is 2.38. The predicted octanol–water partition coefficient (Wildman–Crippen LogP) is 2.99. The van der Waals surface area contributed by atoms with Crippen molar-refractivity contribution in [3.8, 4) is 0 Å². The fourth-order valence-corrected chi connectivity index (χ4v) is 2.32. The van der Waals surface area contributed by atoms with Gasteiger partial charge in [0.1, 0.15) is 0 Å². The molecule has 26 heavy (non-hydrogen) atoms. The number of aromatic nitrogens is 2. The number of nitrogens with one attached hydrogen (secondary N) is 3. The van der Waals surface area contributed by atoms with Crippen LogP contribution in [0.2, 0.25) is 0 Å². The molecule has 0 aliphatic carbocycles. The summed E-state index contributed by atoms with van der Waals surface area (Å²) < 4.78 is 36.6. The molecule has 134 valence electrons. The highest BCUT2D eigenvalue weighted by atomic mass is 19.4. The van der Waals surface area contributed by atoms with E-state index in [0.717, 1.165) is 5.52 Å². The monoisotopic (exact) mass is 362 g/mol. The summed E-state index contributed by atoms with van der Waals surface area (Å²) in [5.74, 6) is -2.39. The van der Waals surface area contributed by atoms with Crippen LogP contribution in [-0.2, 0) is 11.3 Å². The summed E-state index contributed by atoms with van der Waals surface area (Å²) in [6, 6.07) is 11.2. The van der Waals surface area contributed by atoms with Crippen LogP contribution >= 0.6 is 0 Å². The van der Waals surface area contributed by atoms with Gasteiger partial charge in [0.15, 0.2) is 0 Å². The first-order valence-corrected chi connectivity index (χ1v) is 7.51. The predicted molar refractivity (Wildman–Crippen MR) is 88.4 cm³/mol. The summed E-state index contributed by atoms with van der Waals surface area (Å²) in [5.41, 5.74) is 2.66. The van der Waals surface area contributed by atoms with E-state index >= 15 is 0 Å². The highest BCUT2D eigenvalue weighted by molar-refractivity contribution is 6.05. The Kier molecular flexibility index (Phi) is 4.61. The molecule has 3 aromatic rings. The molecule has 9 heteroatoms. The minimum Gasteiger partial charge on any atom is -0.345 e. The maximum Gasteiger partial charge on any atom is 0.471 e. The van der Waals surface area contributed by atoms with Crippen molar-refractivity contribution in [3.63, 3.8) is 0 Å². The number of hydrogen-bond donors (Lipinski definition) is 3. The molecule has 0 saturated carbocycles. The second kappa shape index (κ2) is 6.87. The summed E-state index contributed by atoms with van der Waals surface area (Å²) in [6.45, 7) is -0.303. The van der Waals surface area contributed by atoms with Crippen LogP contribution in [0.25, 0.3) is 11.0 Å². The number of carbonyl (C=O) groups is 2. The summed E-state index contributed by atoms with van der Waals surface area (Å²) in [7, 11) is 0. The largest absolute Gasteiger partial charge is 0.471 e. The van der Waals surface area contributed by atoms with Gasteiger partial charge >= 0.3 is 12.1 Å². The van der Waals surface area contributed by atoms with Crippen molar-refractivity contribution >= 4 is 28.5 Å². The van der Waals surface area contributed by atoms with E-state index in [1.54, 1.807) is 41.7 Å². The molecule has 3 N–H and O–H groups in total. The summed E-state index contributed by atoms with van der Waals surface area (Å²) in [6.07, 6.45) is -3.41. The molecule has 0 atom stereocenters. The maximum atomic E-state index is 12.3. The quantitative estimate of drug-likeness (QED) is 0.667. The Morgan fingerprint density at radius 1 is 1.12 bits per heavy atom. The lowest BCUT2D eigenvalue weighted by Gasteiger charge is -2.10. The van der Waals surface area contributed by atoms with E-state index in [1.165, 1.54) is 12.4 Å². The molecule has 0 spiro atoms. The molecule has 0 saturated heterocycles. The number of H-pyrrole nitrogens is 1. The van der Waals surface area contributed by atoms with Crippen molar-refractivity contribution in [1.29, 1.82) is 0 Å². The number of fused-ring (bicyclic) bond motifs is 1. The Hall–Kier alpha value is -3.36. The number of rotatable bonds is 4. The zero-order valence-corrected chi connectivity index (χ0v) is 13.2. The first-order valence-electron chi connectivity index (χ1n) is 7.51. The zero-order valence-electron chi connectivity index (χ0n) is 13.2. The minimum atomic E-state index is -4.93. The van der Waals surface area contributed by atoms with E-state index < -0.39 is 12.1 Å². The average Bonchev–Trinajstić information content (AvgIpc) is 3.06. The van der Waals surface area contributed by atoms with Gasteiger partial charge in [-0.2, -0.15) is 13.2 Å². The summed E-state index contributed by atoms with van der Waals surface area (Å²) >= 11 is 0. The van der Waals surface area contributed by atoms with Gasteiger partial charge in [-0.05, 0) is 35.9 Å². The lowest BCUT2D eigenvalue weighted by molar-refractivity contribution is -0.173. The van der Waals surface area contributed by atoms with Gasteiger partial charge in [-0.1, -0.05) is 12.1 Å². The molecule has 2 aromatic carbocycles. The van der Waals surface area contributed by atoms with E-state index in [2.05, 4.69) is 15.3 Å². The number of carbonyl (C=O) groups excluding carboxylic acids is 2. The second-order valence-electron chi connectivity index (χ2n) is 5.47. The van der Waals surface area contributed by atoms with Crippen LogP contribution in [0.5, 0.6) is 0 Å². The number of benzene rings is 2. The molecule has 0 unspecified atom stereocenters. The standard InChI is InChI=1S/C17H13F3N4O2/c18-17(19,20)16(26)21-8-10-2-1-3-12(6-10)24-15(25)11-4-5-13-14(7-11)23-9-22-13/h1-7,9H,8H2,(H,21,26)(H,22,23)(H,24,25). The summed E-state index contributed by atoms with van der Waals surface area (Å²) in [5, 5.41) is 4.45. The summed E-state index contributed by atoms with van der Waals surface area (Å²) in [4.78, 5) is 30.2. The van der Waals surface area contributed by atoms with Crippen molar-refractivity contribution in [2.24, 2.45) is 0 Å². The van der Waals surface area contributed by atoms with Gasteiger partial charge in [0.25, 0.3) is 5.91 Å². The molecule has 1 heterocycles. The minimum absolute atomic E-state index is 0.303. The highest BCUT2D eigenvalue weighted by Crippen LogP contribution is 2.17. The van der Waals surface area contributed by atoms with Gasteiger partial charge in [-0.15, -0.1) is 0 Å². The number of anilines is 1. The normalized spacial score (nSPS) is 11.3. The van der Waals surface area contributed by atoms with Gasteiger partial charge in [0, 0.05) is 17.8 Å². The second-order valence-corrected chi connectivity index (χ2v) is 5.47. The van der Waals surface area contributed by atoms with E-state index in [1.807, 2.05) is 0 Å². The van der Waals surface area contributed by atoms with E-state index in [4.69, 9.17) is 0 Å². The number of halogens is 3. The van der Waals surface area contributed by atoms with Crippen LogP contribution in [-0.4, -0.2) is 28.0 Å². The SMILES string of the molecule is O=C(Nc1cccc(CNC(=O)C(F)(F)F)c1)c1ccc2nc[nH]c2c1. The third-order valence-corrected chi connectivity index (χ3v) is 3.58. The number of aromatic amines is 1. The number of hydrogen-bond acceptors (Lipinski definition) is 3. The van der Waals surface area contributed by atoms with Crippen molar-refractivity contribution < 1.29 is 22.8 Å². The van der Waals surface area contributed by atoms with Gasteiger partial charge in [-0.25, -0.2) is 4.98 Å². The topological polar surface area (TPSA) is 86.9 Å². The van der Waals surface area contributed by atoms with E-state index in [-0.39, 0.29) is 12.5 Å². The van der Waals surface area contributed by atoms with E-state index in [0.29, 0.717) is 22.3 Å². The van der Waals surface area contributed by atoms with E-state index in [9.17, 15) is 22.8 Å². The third kappa shape index (κ3) is 4.00. The average molecular weight is 362 g/mol. The first kappa shape index (κ1) is 17.5. The molecule has 0 fully saturated rings. The molecule has 6 nitrogen and oxygen atoms in total. The first-order chi connectivity index (χ1) is 12.3. The fourth-order valence-electron chi connectivity index (χ4n) is 2.32. The molecule has 2 amide bonds. The Bertz CT molecular complexity index is 966. The number of amides is 2. The fraction of sp³-hybridized carbons (Fsp3) is 0.118. The molecule has 3 rings (SSSR count). The molecule has 0 aliphatic heterocycles. The van der Waals surface area contributed by atoms with Gasteiger partial charge in [0.2, 0.25) is 0 Å². The van der Waals surface area contributed by atoms with Crippen LogP contribution in [0.15, 0.2) is 48.8 Å². The lowest BCUT2D eigenvalue weighted by Crippen LogP contribution is -2.36. The zero-order chi connectivity index (χ0) is 18.7. The molecule has 0 bridgehead atoms. The van der Waals surface area contributed by atoms with Crippen LogP contribution < -0.4 is 10.6 Å². The maximum absolute atomic E-state index is 12.3. The Morgan fingerprint density at radius 3 is 2.69 bits per heavy atom. The van der Waals surface area contributed by atoms with Crippen LogP contribution in [0.1, 0.15) is 15.9 Å². The molecular formula is C17H13F3N4O2. The van der Waals surface area contributed by atoms with Crippen molar-refractivity contribution in [1.82, 2.24) is 15.3 Å². The van der Waals surface area contributed by atoms with Crippen LogP contribution in [0.4, 0.5) is 18.9 Å². The van der Waals surface area contributed by atoms with Gasteiger partial charge < -0.3 is 15.6 Å². The Morgan fingerprint density at radius 2 is 1.92 bits per heavy atom. The molecule has 0 aliphatic rings. The Balaban J connectivity index is 1.68.